The second-order valence-corrected chi connectivity index (χ2v) is 5.58. The third-order valence-electron chi connectivity index (χ3n) is 2.57. The number of halogens is 16. The predicted octanol–water partition coefficient (Wildman–Crippen LogP) is 6.29. The molecule has 0 amide bonds. The van der Waals surface area contributed by atoms with Crippen LogP contribution >= 0.6 is 8.19 Å². The van der Waals surface area contributed by atoms with E-state index >= 15 is 0 Å². The van der Waals surface area contributed by atoms with Crippen LogP contribution in [-0.4, -0.2) is 30.1 Å². The van der Waals surface area contributed by atoms with E-state index in [1.54, 1.807) is 0 Å². The Bertz CT molecular complexity index is 376. The molecule has 142 valence electrons. The minimum atomic E-state index is -9.96. The third-order valence-corrected chi connectivity index (χ3v) is 4.01. The normalized spacial score (nSPS) is 19.5. The van der Waals surface area contributed by atoms with Gasteiger partial charge in [-0.05, 0) is 0 Å². The van der Waals surface area contributed by atoms with Crippen LogP contribution in [0.25, 0.3) is 0 Å². The number of hydrogen-bond donors (Lipinski definition) is 0. The van der Waals surface area contributed by atoms with Crippen LogP contribution in [0.1, 0.15) is 0 Å². The van der Waals surface area contributed by atoms with E-state index in [2.05, 4.69) is 0 Å². The summed E-state index contributed by atoms with van der Waals surface area (Å²) in [4.78, 5) is 0. The van der Waals surface area contributed by atoms with Gasteiger partial charge in [0.15, 0.2) is 0 Å². The van der Waals surface area contributed by atoms with Crippen molar-refractivity contribution in [1.29, 1.82) is 0 Å². The molecule has 0 rings (SSSR count). The summed E-state index contributed by atoms with van der Waals surface area (Å²) in [6.07, 6.45) is -33.2. The molecular formula is C6HF16P. The third kappa shape index (κ3) is 2.80. The first kappa shape index (κ1) is 22.3. The summed E-state index contributed by atoms with van der Waals surface area (Å²) < 4.78 is 197. The number of hydrogen-bond acceptors (Lipinski definition) is 0. The number of rotatable bonds is 2. The van der Waals surface area contributed by atoms with Gasteiger partial charge in [-0.2, -0.15) is 0 Å². The zero-order chi connectivity index (χ0) is 19.5. The minimum absolute atomic E-state index is 8.20. The Kier molecular flexibility index (Phi) is 5.00. The molecule has 0 saturated carbocycles. The van der Waals surface area contributed by atoms with Crippen molar-refractivity contribution >= 4 is 8.19 Å². The van der Waals surface area contributed by atoms with Gasteiger partial charge in [0.25, 0.3) is 0 Å². The van der Waals surface area contributed by atoms with Crippen LogP contribution in [0.2, 0.25) is 0 Å². The summed E-state index contributed by atoms with van der Waals surface area (Å²) >= 11 is 0. The van der Waals surface area contributed by atoms with Crippen LogP contribution in [0.4, 0.5) is 69.7 Å². The molecule has 0 fully saturated rings. The first-order valence-corrected chi connectivity index (χ1v) is 6.16. The SMILES string of the molecule is FC(F)(F)C(C(F)(F)F)(C(F)(F)F)C(F)(C(F)(F)F)[PH](F)(F)F. The van der Waals surface area contributed by atoms with Crippen molar-refractivity contribution in [1.82, 2.24) is 0 Å². The van der Waals surface area contributed by atoms with Crippen molar-refractivity contribution in [2.75, 3.05) is 0 Å². The fourth-order valence-corrected chi connectivity index (χ4v) is 2.83. The summed E-state index contributed by atoms with van der Waals surface area (Å²) in [6.45, 7) is 0. The fourth-order valence-electron chi connectivity index (χ4n) is 1.65. The van der Waals surface area contributed by atoms with Gasteiger partial charge in [0.1, 0.15) is 0 Å². The zero-order valence-electron chi connectivity index (χ0n) is 9.55. The molecule has 0 heterocycles. The molecule has 0 bridgehead atoms. The van der Waals surface area contributed by atoms with Crippen LogP contribution in [0.15, 0.2) is 0 Å². The molecule has 1 unspecified atom stereocenters. The molecule has 0 aromatic heterocycles. The van der Waals surface area contributed by atoms with E-state index < -0.39 is 43.7 Å². The molecule has 0 aliphatic heterocycles. The summed E-state index contributed by atoms with van der Waals surface area (Å²) in [5.74, 6) is 0. The molecule has 0 aliphatic rings. The van der Waals surface area contributed by atoms with Crippen molar-refractivity contribution in [3.05, 3.63) is 0 Å². The Balaban J connectivity index is 7.46. The molecule has 0 spiro atoms. The van der Waals surface area contributed by atoms with Gasteiger partial charge >= 0.3 is 113 Å². The average Bonchev–Trinajstić information content (AvgIpc) is 2.05. The van der Waals surface area contributed by atoms with Gasteiger partial charge in [0, 0.05) is 0 Å². The predicted molar refractivity (Wildman–Crippen MR) is 42.1 cm³/mol. The van der Waals surface area contributed by atoms with Crippen molar-refractivity contribution in [2.24, 2.45) is 5.41 Å². The molecule has 23 heavy (non-hydrogen) atoms. The molecule has 0 nitrogen and oxygen atoms in total. The summed E-state index contributed by atoms with van der Waals surface area (Å²) in [7, 11) is -9.96. The van der Waals surface area contributed by atoms with Crippen LogP contribution in [-0.2, 0) is 0 Å². The molecule has 0 saturated heterocycles. The standard InChI is InChI=1S/C6HF16P/c7-2(6(17,18)19,23(20,21)22)1(3(8,9)10,4(11,12)13)5(14,15)16/h23H. The van der Waals surface area contributed by atoms with Gasteiger partial charge in [0.05, 0.1) is 0 Å². The summed E-state index contributed by atoms with van der Waals surface area (Å²) in [6, 6.07) is 0. The van der Waals surface area contributed by atoms with Crippen LogP contribution in [0.3, 0.4) is 0 Å². The van der Waals surface area contributed by atoms with E-state index in [0.29, 0.717) is 0 Å². The fraction of sp³-hybridized carbons (Fsp3) is 1.00. The van der Waals surface area contributed by atoms with Crippen molar-refractivity contribution in [2.45, 2.75) is 30.1 Å². The van der Waals surface area contributed by atoms with E-state index in [1.807, 2.05) is 0 Å². The van der Waals surface area contributed by atoms with Gasteiger partial charge < -0.3 is 0 Å². The maximum atomic E-state index is 13.3. The molecule has 0 aromatic rings. The van der Waals surface area contributed by atoms with Crippen LogP contribution < -0.4 is 0 Å². The van der Waals surface area contributed by atoms with E-state index in [0.717, 1.165) is 0 Å². The van der Waals surface area contributed by atoms with Gasteiger partial charge in [-0.1, -0.05) is 0 Å². The van der Waals surface area contributed by atoms with E-state index in [-0.39, 0.29) is 0 Å². The van der Waals surface area contributed by atoms with Gasteiger partial charge in [-0.25, -0.2) is 0 Å². The van der Waals surface area contributed by atoms with Gasteiger partial charge in [-0.15, -0.1) is 0 Å². The molecule has 17 heteroatoms. The maximum absolute atomic E-state index is 13.3. The molecule has 0 aliphatic carbocycles. The monoisotopic (exact) mass is 408 g/mol. The zero-order valence-corrected chi connectivity index (χ0v) is 10.5. The summed E-state index contributed by atoms with van der Waals surface area (Å²) in [5.41, 5.74) is -8.72. The molecule has 1 atom stereocenters. The van der Waals surface area contributed by atoms with E-state index in [1.165, 1.54) is 0 Å². The van der Waals surface area contributed by atoms with Crippen molar-refractivity contribution in [3.8, 4) is 0 Å². The number of alkyl halides is 13. The molecule has 0 radical (unpaired) electrons. The van der Waals surface area contributed by atoms with E-state index in [4.69, 9.17) is 0 Å². The molecule has 0 N–H and O–H groups in total. The quantitative estimate of drug-likeness (QED) is 0.372. The Morgan fingerprint density at radius 3 is 0.652 bits per heavy atom. The molecular weight excluding hydrogens is 407 g/mol. The first-order chi connectivity index (χ1) is 9.50. The van der Waals surface area contributed by atoms with Crippen molar-refractivity contribution < 1.29 is 69.7 Å². The Morgan fingerprint density at radius 2 is 0.609 bits per heavy atom. The Labute approximate surface area is 115 Å². The second-order valence-electron chi connectivity index (χ2n) is 3.90. The van der Waals surface area contributed by atoms with Crippen molar-refractivity contribution in [3.63, 3.8) is 0 Å². The average molecular weight is 408 g/mol. The van der Waals surface area contributed by atoms with Gasteiger partial charge in [0.2, 0.25) is 0 Å². The van der Waals surface area contributed by atoms with Crippen LogP contribution in [0.5, 0.6) is 0 Å². The van der Waals surface area contributed by atoms with E-state index in [9.17, 15) is 69.7 Å². The summed E-state index contributed by atoms with van der Waals surface area (Å²) in [5, 5.41) is -8.60. The Morgan fingerprint density at radius 1 is 0.391 bits per heavy atom. The molecule has 0 aromatic carbocycles. The van der Waals surface area contributed by atoms with Gasteiger partial charge in [-0.3, -0.25) is 0 Å². The second kappa shape index (κ2) is 5.15. The first-order valence-electron chi connectivity index (χ1n) is 4.52. The van der Waals surface area contributed by atoms with Crippen LogP contribution in [0, 0.1) is 5.41 Å². The Hall–Kier alpha value is -0.690. The topological polar surface area (TPSA) is 0 Å².